The summed E-state index contributed by atoms with van der Waals surface area (Å²) in [6.45, 7) is 11.5. The minimum absolute atomic E-state index is 0.449. The first-order chi connectivity index (χ1) is 15.1. The van der Waals surface area contributed by atoms with Gasteiger partial charge < -0.3 is 14.2 Å². The Kier molecular flexibility index (Phi) is 9.23. The van der Waals surface area contributed by atoms with E-state index in [0.717, 1.165) is 47.1 Å². The summed E-state index contributed by atoms with van der Waals surface area (Å²) in [5.41, 5.74) is 3.29. The Morgan fingerprint density at radius 1 is 0.935 bits per heavy atom. The summed E-state index contributed by atoms with van der Waals surface area (Å²) in [5.74, 6) is 1.82. The minimum Gasteiger partial charge on any atom is -0.486 e. The zero-order valence-corrected chi connectivity index (χ0v) is 20.0. The van der Waals surface area contributed by atoms with E-state index in [1.165, 1.54) is 44.3 Å². The van der Waals surface area contributed by atoms with E-state index in [9.17, 15) is 0 Å². The Morgan fingerprint density at radius 2 is 1.61 bits per heavy atom. The predicted molar refractivity (Wildman–Crippen MR) is 131 cm³/mol. The highest BCUT2D eigenvalue weighted by atomic mass is 35.5. The van der Waals surface area contributed by atoms with Crippen LogP contribution in [0, 0.1) is 6.92 Å². The zero-order valence-electron chi connectivity index (χ0n) is 19.2. The Labute approximate surface area is 192 Å². The van der Waals surface area contributed by atoms with Gasteiger partial charge in [-0.1, -0.05) is 56.0 Å². The van der Waals surface area contributed by atoms with Crippen molar-refractivity contribution in [1.29, 1.82) is 0 Å². The van der Waals surface area contributed by atoms with Crippen molar-refractivity contribution in [2.24, 2.45) is 0 Å². The fraction of sp³-hybridized carbons (Fsp3) is 0.500. The third-order valence-electron chi connectivity index (χ3n) is 5.69. The number of ether oxygens (including phenoxy) is 1. The average molecular weight is 442 g/mol. The lowest BCUT2D eigenvalue weighted by atomic mass is 10.2. The number of rotatable bonds is 13. The molecule has 0 aliphatic rings. The molecule has 0 fully saturated rings. The molecule has 3 aromatic rings. The highest BCUT2D eigenvalue weighted by Gasteiger charge is 2.13. The second-order valence-electron chi connectivity index (χ2n) is 8.32. The molecule has 2 aromatic carbocycles. The van der Waals surface area contributed by atoms with E-state index in [-0.39, 0.29) is 0 Å². The molecule has 31 heavy (non-hydrogen) atoms. The van der Waals surface area contributed by atoms with E-state index in [4.69, 9.17) is 21.3 Å². The van der Waals surface area contributed by atoms with Gasteiger partial charge in [0.2, 0.25) is 0 Å². The maximum absolute atomic E-state index is 6.31. The first kappa shape index (κ1) is 23.6. The number of aryl methyl sites for hydroxylation is 2. The zero-order chi connectivity index (χ0) is 22.1. The van der Waals surface area contributed by atoms with E-state index in [1.807, 2.05) is 30.3 Å². The molecule has 4 nitrogen and oxygen atoms in total. The molecule has 3 rings (SSSR count). The van der Waals surface area contributed by atoms with Crippen LogP contribution in [-0.2, 0) is 13.2 Å². The van der Waals surface area contributed by atoms with Gasteiger partial charge in [0, 0.05) is 11.6 Å². The molecular weight excluding hydrogens is 406 g/mol. The summed E-state index contributed by atoms with van der Waals surface area (Å²) >= 11 is 6.31. The second-order valence-corrected chi connectivity index (χ2v) is 8.75. The quantitative estimate of drug-likeness (QED) is 0.290. The number of hydrogen-bond acceptors (Lipinski definition) is 3. The molecule has 0 N–H and O–H groups in total. The first-order valence-corrected chi connectivity index (χ1v) is 12.0. The van der Waals surface area contributed by atoms with Gasteiger partial charge in [-0.25, -0.2) is 4.98 Å². The van der Waals surface area contributed by atoms with Gasteiger partial charge in [-0.05, 0) is 76.2 Å². The molecule has 0 aliphatic heterocycles. The van der Waals surface area contributed by atoms with Gasteiger partial charge in [0.1, 0.15) is 18.2 Å². The van der Waals surface area contributed by atoms with E-state index >= 15 is 0 Å². The summed E-state index contributed by atoms with van der Waals surface area (Å²) in [5, 5.41) is 0.743. The highest BCUT2D eigenvalue weighted by Crippen LogP contribution is 2.23. The van der Waals surface area contributed by atoms with Gasteiger partial charge in [0.15, 0.2) is 0 Å². The number of imidazole rings is 1. The van der Waals surface area contributed by atoms with E-state index in [1.54, 1.807) is 0 Å². The van der Waals surface area contributed by atoms with Crippen LogP contribution in [0.1, 0.15) is 57.3 Å². The van der Waals surface area contributed by atoms with Crippen molar-refractivity contribution in [2.45, 2.75) is 66.0 Å². The fourth-order valence-electron chi connectivity index (χ4n) is 3.84. The lowest BCUT2D eigenvalue weighted by molar-refractivity contribution is 0.254. The molecule has 0 radical (unpaired) electrons. The van der Waals surface area contributed by atoms with Crippen molar-refractivity contribution in [1.82, 2.24) is 14.5 Å². The van der Waals surface area contributed by atoms with Crippen LogP contribution in [0.25, 0.3) is 11.0 Å². The van der Waals surface area contributed by atoms with Crippen LogP contribution in [-0.4, -0.2) is 34.1 Å². The van der Waals surface area contributed by atoms with Crippen LogP contribution in [0.3, 0.4) is 0 Å². The van der Waals surface area contributed by atoms with Crippen LogP contribution < -0.4 is 4.74 Å². The molecule has 5 heteroatoms. The van der Waals surface area contributed by atoms with Crippen molar-refractivity contribution in [2.75, 3.05) is 19.6 Å². The van der Waals surface area contributed by atoms with Crippen LogP contribution in [0.4, 0.5) is 0 Å². The van der Waals surface area contributed by atoms with E-state index < -0.39 is 0 Å². The average Bonchev–Trinajstić information content (AvgIpc) is 3.11. The predicted octanol–water partition coefficient (Wildman–Crippen LogP) is 6.87. The van der Waals surface area contributed by atoms with Crippen molar-refractivity contribution in [3.8, 4) is 5.75 Å². The smallest absolute Gasteiger partial charge is 0.147 e. The maximum atomic E-state index is 6.31. The summed E-state index contributed by atoms with van der Waals surface area (Å²) in [6.07, 6.45) is 6.11. The molecule has 0 saturated heterocycles. The van der Waals surface area contributed by atoms with Gasteiger partial charge in [-0.2, -0.15) is 0 Å². The Morgan fingerprint density at radius 3 is 2.29 bits per heavy atom. The standard InChI is InChI=1S/C26H36ClN3O/c1-4-6-15-29(16-7-5-2)17-8-18-30-25-19-22(27)11-14-24(25)28-26(30)20-31-23-12-9-21(3)10-13-23/h9-14,19H,4-8,15-18,20H2,1-3H3. The van der Waals surface area contributed by atoms with Gasteiger partial charge >= 0.3 is 0 Å². The largest absolute Gasteiger partial charge is 0.486 e. The molecule has 0 aliphatic carbocycles. The lowest BCUT2D eigenvalue weighted by Crippen LogP contribution is -2.28. The number of aromatic nitrogens is 2. The number of benzene rings is 2. The topological polar surface area (TPSA) is 30.3 Å². The third-order valence-corrected chi connectivity index (χ3v) is 5.93. The van der Waals surface area contributed by atoms with Crippen LogP contribution >= 0.6 is 11.6 Å². The van der Waals surface area contributed by atoms with Crippen molar-refractivity contribution >= 4 is 22.6 Å². The lowest BCUT2D eigenvalue weighted by Gasteiger charge is -2.22. The van der Waals surface area contributed by atoms with Crippen LogP contribution in [0.2, 0.25) is 5.02 Å². The van der Waals surface area contributed by atoms with Crippen molar-refractivity contribution in [3.05, 3.63) is 58.9 Å². The van der Waals surface area contributed by atoms with Crippen molar-refractivity contribution in [3.63, 3.8) is 0 Å². The molecule has 0 amide bonds. The SMILES string of the molecule is CCCCN(CCCC)CCCn1c(COc2ccc(C)cc2)nc2ccc(Cl)cc21. The molecule has 0 saturated carbocycles. The Balaban J connectivity index is 1.71. The number of halogens is 1. The van der Waals surface area contributed by atoms with Gasteiger partial charge in [0.05, 0.1) is 11.0 Å². The summed E-state index contributed by atoms with van der Waals surface area (Å²) in [4.78, 5) is 7.46. The fourth-order valence-corrected chi connectivity index (χ4v) is 4.01. The number of hydrogen-bond donors (Lipinski definition) is 0. The van der Waals surface area contributed by atoms with Gasteiger partial charge in [0.25, 0.3) is 0 Å². The number of nitrogens with zero attached hydrogens (tertiary/aromatic N) is 3. The maximum Gasteiger partial charge on any atom is 0.147 e. The van der Waals surface area contributed by atoms with E-state index in [0.29, 0.717) is 6.61 Å². The summed E-state index contributed by atoms with van der Waals surface area (Å²) < 4.78 is 8.34. The molecule has 168 valence electrons. The Hall–Kier alpha value is -2.04. The van der Waals surface area contributed by atoms with Crippen LogP contribution in [0.5, 0.6) is 5.75 Å². The van der Waals surface area contributed by atoms with E-state index in [2.05, 4.69) is 42.4 Å². The minimum atomic E-state index is 0.449. The third kappa shape index (κ3) is 6.98. The summed E-state index contributed by atoms with van der Waals surface area (Å²) in [7, 11) is 0. The van der Waals surface area contributed by atoms with Gasteiger partial charge in [-0.3, -0.25) is 0 Å². The number of fused-ring (bicyclic) bond motifs is 1. The Bertz CT molecular complexity index is 928. The van der Waals surface area contributed by atoms with Crippen LogP contribution in [0.15, 0.2) is 42.5 Å². The first-order valence-electron chi connectivity index (χ1n) is 11.7. The highest BCUT2D eigenvalue weighted by molar-refractivity contribution is 6.31. The summed E-state index contributed by atoms with van der Waals surface area (Å²) in [6, 6.07) is 14.1. The number of unbranched alkanes of at least 4 members (excludes halogenated alkanes) is 2. The molecule has 0 atom stereocenters. The molecule has 0 bridgehead atoms. The molecular formula is C26H36ClN3O. The molecule has 0 spiro atoms. The van der Waals surface area contributed by atoms with Gasteiger partial charge in [-0.15, -0.1) is 0 Å². The monoisotopic (exact) mass is 441 g/mol. The molecule has 0 unspecified atom stereocenters. The van der Waals surface area contributed by atoms with Crippen molar-refractivity contribution < 1.29 is 4.74 Å². The molecule has 1 aromatic heterocycles. The molecule has 1 heterocycles. The normalized spacial score (nSPS) is 11.5. The second kappa shape index (κ2) is 12.1.